The molecule has 1 aliphatic rings. The number of pyridine rings is 1. The molecule has 0 spiro atoms. The van der Waals surface area contributed by atoms with Crippen LogP contribution in [0, 0.1) is 6.92 Å². The van der Waals surface area contributed by atoms with E-state index in [1.54, 1.807) is 36.5 Å². The number of carbonyl (C=O) groups is 1. The number of nitrogens with one attached hydrogen (secondary N) is 2. The van der Waals surface area contributed by atoms with Gasteiger partial charge in [-0.1, -0.05) is 17.7 Å². The van der Waals surface area contributed by atoms with Crippen LogP contribution in [0.15, 0.2) is 54.7 Å². The van der Waals surface area contributed by atoms with E-state index in [4.69, 9.17) is 21.1 Å². The quantitative estimate of drug-likeness (QED) is 0.681. The fourth-order valence-electron chi connectivity index (χ4n) is 2.65. The number of aromatic nitrogens is 1. The average Bonchev–Trinajstić information content (AvgIpc) is 3.14. The van der Waals surface area contributed by atoms with Gasteiger partial charge in [-0.05, 0) is 55.0 Å². The van der Waals surface area contributed by atoms with E-state index in [1.807, 2.05) is 25.1 Å². The molecule has 0 saturated heterocycles. The maximum Gasteiger partial charge on any atom is 0.255 e. The highest BCUT2D eigenvalue weighted by Gasteiger charge is 2.16. The van der Waals surface area contributed by atoms with Gasteiger partial charge in [-0.15, -0.1) is 0 Å². The number of halogens is 1. The first-order valence-corrected chi connectivity index (χ1v) is 8.66. The molecular weight excluding hydrogens is 366 g/mol. The summed E-state index contributed by atoms with van der Waals surface area (Å²) in [5.74, 6) is 1.61. The third-order valence-electron chi connectivity index (χ3n) is 4.12. The molecule has 27 heavy (non-hydrogen) atoms. The van der Waals surface area contributed by atoms with Crippen LogP contribution in [0.5, 0.6) is 11.5 Å². The van der Waals surface area contributed by atoms with Crippen LogP contribution in [0.1, 0.15) is 15.9 Å². The Kier molecular flexibility index (Phi) is 4.56. The van der Waals surface area contributed by atoms with Crippen LogP contribution in [0.3, 0.4) is 0 Å². The van der Waals surface area contributed by atoms with Crippen LogP contribution in [-0.2, 0) is 0 Å². The summed E-state index contributed by atoms with van der Waals surface area (Å²) in [6.45, 7) is 2.16. The molecule has 3 aromatic rings. The summed E-state index contributed by atoms with van der Waals surface area (Å²) in [5.41, 5.74) is 3.01. The summed E-state index contributed by atoms with van der Waals surface area (Å²) >= 11 is 6.03. The molecule has 0 radical (unpaired) electrons. The smallest absolute Gasteiger partial charge is 0.255 e. The SMILES string of the molecule is Cc1ccc(Cl)cc1Nc1ccc(NC(=O)c2ccc3c(c2)OCO3)cn1. The zero-order chi connectivity index (χ0) is 18.8. The number of amides is 1. The summed E-state index contributed by atoms with van der Waals surface area (Å²) < 4.78 is 10.5. The number of anilines is 3. The van der Waals surface area contributed by atoms with Gasteiger partial charge in [0.25, 0.3) is 5.91 Å². The minimum absolute atomic E-state index is 0.172. The van der Waals surface area contributed by atoms with Gasteiger partial charge in [0.05, 0.1) is 11.9 Å². The van der Waals surface area contributed by atoms with Gasteiger partial charge in [-0.2, -0.15) is 0 Å². The maximum absolute atomic E-state index is 12.4. The fraction of sp³-hybridized carbons (Fsp3) is 0.100. The first kappa shape index (κ1) is 17.2. The molecule has 0 saturated carbocycles. The normalized spacial score (nSPS) is 11.9. The minimum atomic E-state index is -0.249. The molecule has 0 unspecified atom stereocenters. The van der Waals surface area contributed by atoms with Crippen LogP contribution in [0.4, 0.5) is 17.2 Å². The van der Waals surface area contributed by atoms with Gasteiger partial charge < -0.3 is 20.1 Å². The molecule has 7 heteroatoms. The number of benzene rings is 2. The van der Waals surface area contributed by atoms with Crippen molar-refractivity contribution in [3.05, 3.63) is 70.9 Å². The van der Waals surface area contributed by atoms with Crippen molar-refractivity contribution in [3.8, 4) is 11.5 Å². The van der Waals surface area contributed by atoms with Gasteiger partial charge in [0.2, 0.25) is 6.79 Å². The largest absolute Gasteiger partial charge is 0.454 e. The van der Waals surface area contributed by atoms with Gasteiger partial charge in [-0.3, -0.25) is 4.79 Å². The second-order valence-corrected chi connectivity index (χ2v) is 6.47. The predicted molar refractivity (Wildman–Crippen MR) is 104 cm³/mol. The molecule has 1 amide bonds. The lowest BCUT2D eigenvalue weighted by Crippen LogP contribution is -2.12. The van der Waals surface area contributed by atoms with Crippen molar-refractivity contribution < 1.29 is 14.3 Å². The number of rotatable bonds is 4. The van der Waals surface area contributed by atoms with E-state index in [-0.39, 0.29) is 12.7 Å². The van der Waals surface area contributed by atoms with Crippen LogP contribution < -0.4 is 20.1 Å². The van der Waals surface area contributed by atoms with E-state index in [2.05, 4.69) is 15.6 Å². The molecule has 1 aliphatic heterocycles. The molecule has 2 heterocycles. The average molecular weight is 382 g/mol. The molecule has 1 aromatic heterocycles. The third-order valence-corrected chi connectivity index (χ3v) is 4.35. The van der Waals surface area contributed by atoms with Crippen molar-refractivity contribution in [1.82, 2.24) is 4.98 Å². The molecule has 136 valence electrons. The molecule has 0 bridgehead atoms. The van der Waals surface area contributed by atoms with Crippen molar-refractivity contribution in [2.75, 3.05) is 17.4 Å². The van der Waals surface area contributed by atoms with Crippen molar-refractivity contribution >= 4 is 34.7 Å². The molecule has 2 aromatic carbocycles. The van der Waals surface area contributed by atoms with E-state index < -0.39 is 0 Å². The Morgan fingerprint density at radius 1 is 1.07 bits per heavy atom. The van der Waals surface area contributed by atoms with Crippen molar-refractivity contribution in [3.63, 3.8) is 0 Å². The second kappa shape index (κ2) is 7.17. The third kappa shape index (κ3) is 3.80. The Bertz CT molecular complexity index is 1010. The first-order chi connectivity index (χ1) is 13.1. The first-order valence-electron chi connectivity index (χ1n) is 8.29. The van der Waals surface area contributed by atoms with Gasteiger partial charge in [0.15, 0.2) is 11.5 Å². The highest BCUT2D eigenvalue weighted by molar-refractivity contribution is 6.30. The topological polar surface area (TPSA) is 72.5 Å². The molecule has 0 atom stereocenters. The van der Waals surface area contributed by atoms with Crippen molar-refractivity contribution in [2.24, 2.45) is 0 Å². The summed E-state index contributed by atoms with van der Waals surface area (Å²) in [6, 6.07) is 14.2. The van der Waals surface area contributed by atoms with E-state index >= 15 is 0 Å². The predicted octanol–water partition coefficient (Wildman–Crippen LogP) is 4.77. The van der Waals surface area contributed by atoms with Gasteiger partial charge in [0, 0.05) is 16.3 Å². The number of aryl methyl sites for hydroxylation is 1. The summed E-state index contributed by atoms with van der Waals surface area (Å²) in [6.07, 6.45) is 1.59. The molecular formula is C20H16ClN3O3. The van der Waals surface area contributed by atoms with E-state index in [9.17, 15) is 4.79 Å². The number of fused-ring (bicyclic) bond motifs is 1. The van der Waals surface area contributed by atoms with Gasteiger partial charge in [-0.25, -0.2) is 4.98 Å². The van der Waals surface area contributed by atoms with Crippen LogP contribution in [0.2, 0.25) is 5.02 Å². The van der Waals surface area contributed by atoms with E-state index in [1.165, 1.54) is 0 Å². The number of carbonyl (C=O) groups excluding carboxylic acids is 1. The molecule has 0 fully saturated rings. The Balaban J connectivity index is 1.44. The maximum atomic E-state index is 12.4. The number of nitrogens with zero attached hydrogens (tertiary/aromatic N) is 1. The Morgan fingerprint density at radius 2 is 1.93 bits per heavy atom. The van der Waals surface area contributed by atoms with Crippen molar-refractivity contribution in [1.29, 1.82) is 0 Å². The summed E-state index contributed by atoms with van der Waals surface area (Å²) in [5, 5.41) is 6.68. The minimum Gasteiger partial charge on any atom is -0.454 e. The zero-order valence-corrected chi connectivity index (χ0v) is 15.2. The Hall–Kier alpha value is -3.25. The zero-order valence-electron chi connectivity index (χ0n) is 14.5. The lowest BCUT2D eigenvalue weighted by molar-refractivity contribution is 0.102. The lowest BCUT2D eigenvalue weighted by atomic mass is 10.2. The summed E-state index contributed by atoms with van der Waals surface area (Å²) in [7, 11) is 0. The number of hydrogen-bond donors (Lipinski definition) is 2. The van der Waals surface area contributed by atoms with Crippen LogP contribution >= 0.6 is 11.6 Å². The molecule has 4 rings (SSSR count). The van der Waals surface area contributed by atoms with Crippen LogP contribution in [-0.4, -0.2) is 17.7 Å². The fourth-order valence-corrected chi connectivity index (χ4v) is 2.82. The monoisotopic (exact) mass is 381 g/mol. The Morgan fingerprint density at radius 3 is 2.74 bits per heavy atom. The van der Waals surface area contributed by atoms with Crippen molar-refractivity contribution in [2.45, 2.75) is 6.92 Å². The molecule has 0 aliphatic carbocycles. The molecule has 2 N–H and O–H groups in total. The van der Waals surface area contributed by atoms with Gasteiger partial charge >= 0.3 is 0 Å². The second-order valence-electron chi connectivity index (χ2n) is 6.04. The standard InChI is InChI=1S/C20H16ClN3O3/c1-12-2-4-14(21)9-16(12)24-19-7-5-15(10-22-19)23-20(25)13-3-6-17-18(8-13)27-11-26-17/h2-10H,11H2,1H3,(H,22,24)(H,23,25). The lowest BCUT2D eigenvalue weighted by Gasteiger charge is -2.10. The van der Waals surface area contributed by atoms with Gasteiger partial charge in [0.1, 0.15) is 5.82 Å². The highest BCUT2D eigenvalue weighted by atomic mass is 35.5. The Labute approximate surface area is 161 Å². The number of hydrogen-bond acceptors (Lipinski definition) is 5. The highest BCUT2D eigenvalue weighted by Crippen LogP contribution is 2.32. The van der Waals surface area contributed by atoms with E-state index in [0.29, 0.717) is 33.6 Å². The molecule has 6 nitrogen and oxygen atoms in total. The van der Waals surface area contributed by atoms with Crippen LogP contribution in [0.25, 0.3) is 0 Å². The number of ether oxygens (including phenoxy) is 2. The summed E-state index contributed by atoms with van der Waals surface area (Å²) in [4.78, 5) is 16.7. The van der Waals surface area contributed by atoms with E-state index in [0.717, 1.165) is 11.3 Å².